The molecule has 0 radical (unpaired) electrons. The highest BCUT2D eigenvalue weighted by molar-refractivity contribution is 5.40. The number of methoxy groups -OCH3 is 1. The summed E-state index contributed by atoms with van der Waals surface area (Å²) in [6.45, 7) is 2.42. The molecule has 2 aromatic rings. The van der Waals surface area contributed by atoms with Crippen LogP contribution >= 0.6 is 0 Å². The second-order valence-electron chi connectivity index (χ2n) is 7.00. The number of ether oxygens (including phenoxy) is 1. The minimum Gasteiger partial charge on any atom is -0.481 e. The van der Waals surface area contributed by atoms with Crippen molar-refractivity contribution in [2.45, 2.75) is 38.3 Å². The van der Waals surface area contributed by atoms with Gasteiger partial charge in [-0.15, -0.1) is 0 Å². The zero-order valence-electron chi connectivity index (χ0n) is 15.0. The van der Waals surface area contributed by atoms with Crippen LogP contribution in [-0.2, 0) is 6.54 Å². The highest BCUT2D eigenvalue weighted by atomic mass is 16.5. The number of hydrogen-bond donors (Lipinski definition) is 1. The first-order chi connectivity index (χ1) is 12.7. The monoisotopic (exact) mass is 356 g/mol. The molecule has 0 spiro atoms. The Morgan fingerprint density at radius 2 is 2.00 bits per heavy atom. The summed E-state index contributed by atoms with van der Waals surface area (Å²) in [5.41, 5.74) is 0.0337. The molecular formula is C18H24N6O2. The van der Waals surface area contributed by atoms with Gasteiger partial charge in [0.15, 0.2) is 5.82 Å². The van der Waals surface area contributed by atoms with Gasteiger partial charge in [0.05, 0.1) is 7.11 Å². The van der Waals surface area contributed by atoms with Crippen LogP contribution in [0.3, 0.4) is 0 Å². The van der Waals surface area contributed by atoms with Crippen LogP contribution in [-0.4, -0.2) is 45.8 Å². The molecule has 0 unspecified atom stereocenters. The molecule has 1 aliphatic carbocycles. The van der Waals surface area contributed by atoms with Gasteiger partial charge in [0.2, 0.25) is 5.88 Å². The maximum atomic E-state index is 12.7. The third kappa shape index (κ3) is 3.79. The molecule has 2 fully saturated rings. The Labute approximate surface area is 152 Å². The molecule has 1 aliphatic heterocycles. The van der Waals surface area contributed by atoms with Crippen LogP contribution in [0.5, 0.6) is 5.88 Å². The van der Waals surface area contributed by atoms with E-state index in [-0.39, 0.29) is 5.56 Å². The predicted octanol–water partition coefficient (Wildman–Crippen LogP) is 1.53. The second-order valence-corrected chi connectivity index (χ2v) is 7.00. The lowest BCUT2D eigenvalue weighted by Gasteiger charge is -2.33. The third-order valence-electron chi connectivity index (χ3n) is 5.05. The van der Waals surface area contributed by atoms with E-state index in [4.69, 9.17) is 4.74 Å². The van der Waals surface area contributed by atoms with E-state index < -0.39 is 0 Å². The van der Waals surface area contributed by atoms with Crippen LogP contribution in [0, 0.1) is 5.92 Å². The van der Waals surface area contributed by atoms with Crippen LogP contribution < -0.4 is 20.5 Å². The Balaban J connectivity index is 1.38. The van der Waals surface area contributed by atoms with Gasteiger partial charge in [-0.05, 0) is 31.6 Å². The van der Waals surface area contributed by atoms with Crippen molar-refractivity contribution >= 4 is 11.6 Å². The molecule has 26 heavy (non-hydrogen) atoms. The summed E-state index contributed by atoms with van der Waals surface area (Å²) in [6.07, 6.45) is 9.35. The lowest BCUT2D eigenvalue weighted by atomic mass is 10.1. The molecule has 0 amide bonds. The standard InChI is InChI=1S/C18H24N6O2/c1-26-16-10-15(20-12-21-16)22-14-4-7-23(8-5-14)17-18(25)24(9-6-19-17)11-13-2-3-13/h6,9-10,12-14H,2-5,7-8,11H2,1H3,(H,20,21,22). The first kappa shape index (κ1) is 16.8. The molecule has 138 valence electrons. The predicted molar refractivity (Wildman–Crippen MR) is 98.7 cm³/mol. The molecule has 0 bridgehead atoms. The Morgan fingerprint density at radius 1 is 1.19 bits per heavy atom. The smallest absolute Gasteiger partial charge is 0.293 e. The zero-order valence-corrected chi connectivity index (χ0v) is 15.0. The quantitative estimate of drug-likeness (QED) is 0.840. The first-order valence-corrected chi connectivity index (χ1v) is 9.16. The van der Waals surface area contributed by atoms with E-state index in [9.17, 15) is 4.79 Å². The lowest BCUT2D eigenvalue weighted by molar-refractivity contribution is 0.397. The second kappa shape index (κ2) is 7.31. The molecule has 8 heteroatoms. The van der Waals surface area contributed by atoms with Gasteiger partial charge in [0, 0.05) is 44.1 Å². The maximum Gasteiger partial charge on any atom is 0.293 e. The molecule has 1 N–H and O–H groups in total. The number of anilines is 2. The van der Waals surface area contributed by atoms with Gasteiger partial charge in [0.25, 0.3) is 5.56 Å². The third-order valence-corrected chi connectivity index (χ3v) is 5.05. The van der Waals surface area contributed by atoms with Crippen LogP contribution in [0.1, 0.15) is 25.7 Å². The Morgan fingerprint density at radius 3 is 2.73 bits per heavy atom. The van der Waals surface area contributed by atoms with Crippen molar-refractivity contribution < 1.29 is 4.74 Å². The number of nitrogens with one attached hydrogen (secondary N) is 1. The molecule has 2 aromatic heterocycles. The van der Waals surface area contributed by atoms with Gasteiger partial charge in [-0.25, -0.2) is 15.0 Å². The van der Waals surface area contributed by atoms with Crippen LogP contribution in [0.15, 0.2) is 29.6 Å². The normalized spacial score (nSPS) is 18.0. The maximum absolute atomic E-state index is 12.7. The molecular weight excluding hydrogens is 332 g/mol. The average molecular weight is 356 g/mol. The van der Waals surface area contributed by atoms with Crippen LogP contribution in [0.4, 0.5) is 11.6 Å². The van der Waals surface area contributed by atoms with Gasteiger partial charge in [-0.2, -0.15) is 0 Å². The van der Waals surface area contributed by atoms with Crippen molar-refractivity contribution in [1.82, 2.24) is 19.5 Å². The lowest BCUT2D eigenvalue weighted by Crippen LogP contribution is -2.42. The summed E-state index contributed by atoms with van der Waals surface area (Å²) in [5.74, 6) is 2.56. The van der Waals surface area contributed by atoms with Gasteiger partial charge >= 0.3 is 0 Å². The highest BCUT2D eigenvalue weighted by Crippen LogP contribution is 2.30. The van der Waals surface area contributed by atoms with Gasteiger partial charge in [-0.3, -0.25) is 4.79 Å². The van der Waals surface area contributed by atoms with Gasteiger partial charge in [-0.1, -0.05) is 0 Å². The average Bonchev–Trinajstić information content (AvgIpc) is 3.49. The highest BCUT2D eigenvalue weighted by Gasteiger charge is 2.25. The number of aromatic nitrogens is 4. The van der Waals surface area contributed by atoms with E-state index in [0.29, 0.717) is 23.7 Å². The van der Waals surface area contributed by atoms with Crippen LogP contribution in [0.2, 0.25) is 0 Å². The number of rotatable bonds is 6. The molecule has 0 aromatic carbocycles. The van der Waals surface area contributed by atoms with E-state index in [0.717, 1.165) is 38.3 Å². The van der Waals surface area contributed by atoms with Crippen molar-refractivity contribution in [3.05, 3.63) is 35.1 Å². The Hall–Kier alpha value is -2.64. The fourth-order valence-electron chi connectivity index (χ4n) is 3.35. The van der Waals surface area contributed by atoms with E-state index in [2.05, 4.69) is 25.2 Å². The van der Waals surface area contributed by atoms with Crippen LogP contribution in [0.25, 0.3) is 0 Å². The van der Waals surface area contributed by atoms with Crippen molar-refractivity contribution in [3.63, 3.8) is 0 Å². The van der Waals surface area contributed by atoms with E-state index in [1.807, 2.05) is 4.57 Å². The SMILES string of the molecule is COc1cc(NC2CCN(c3nccn(CC4CC4)c3=O)CC2)ncn1. The summed E-state index contributed by atoms with van der Waals surface area (Å²) in [5, 5.41) is 3.43. The first-order valence-electron chi connectivity index (χ1n) is 9.16. The summed E-state index contributed by atoms with van der Waals surface area (Å²) in [4.78, 5) is 27.4. The fourth-order valence-corrected chi connectivity index (χ4v) is 3.35. The molecule has 0 atom stereocenters. The fraction of sp³-hybridized carbons (Fsp3) is 0.556. The number of piperidine rings is 1. The minimum absolute atomic E-state index is 0.0337. The van der Waals surface area contributed by atoms with Gasteiger partial charge in [0.1, 0.15) is 12.1 Å². The van der Waals surface area contributed by atoms with Gasteiger partial charge < -0.3 is 19.5 Å². The molecule has 8 nitrogen and oxygen atoms in total. The zero-order chi connectivity index (χ0) is 17.9. The molecule has 4 rings (SSSR count). The van der Waals surface area contributed by atoms with Crippen molar-refractivity contribution in [1.29, 1.82) is 0 Å². The molecule has 3 heterocycles. The molecule has 1 saturated carbocycles. The topological polar surface area (TPSA) is 85.2 Å². The van der Waals surface area contributed by atoms with Crippen molar-refractivity contribution in [3.8, 4) is 5.88 Å². The molecule has 2 aliphatic rings. The number of hydrogen-bond acceptors (Lipinski definition) is 7. The summed E-state index contributed by atoms with van der Waals surface area (Å²) in [7, 11) is 1.59. The summed E-state index contributed by atoms with van der Waals surface area (Å²) < 4.78 is 6.95. The minimum atomic E-state index is 0.0337. The molecule has 1 saturated heterocycles. The Bertz CT molecular complexity index is 811. The van der Waals surface area contributed by atoms with E-state index >= 15 is 0 Å². The van der Waals surface area contributed by atoms with E-state index in [1.54, 1.807) is 25.6 Å². The largest absolute Gasteiger partial charge is 0.481 e. The number of nitrogens with zero attached hydrogens (tertiary/aromatic N) is 5. The van der Waals surface area contributed by atoms with Crippen molar-refractivity contribution in [2.24, 2.45) is 5.92 Å². The summed E-state index contributed by atoms with van der Waals surface area (Å²) >= 11 is 0. The van der Waals surface area contributed by atoms with Crippen molar-refractivity contribution in [2.75, 3.05) is 30.4 Å². The summed E-state index contributed by atoms with van der Waals surface area (Å²) in [6, 6.07) is 2.10. The Kier molecular flexibility index (Phi) is 4.73. The van der Waals surface area contributed by atoms with E-state index in [1.165, 1.54) is 19.2 Å².